The third-order valence-corrected chi connectivity index (χ3v) is 5.06. The van der Waals surface area contributed by atoms with Crippen molar-refractivity contribution in [3.63, 3.8) is 0 Å². The van der Waals surface area contributed by atoms with Crippen LogP contribution in [-0.2, 0) is 6.42 Å². The van der Waals surface area contributed by atoms with E-state index < -0.39 is 0 Å². The van der Waals surface area contributed by atoms with Crippen LogP contribution in [-0.4, -0.2) is 48.4 Å². The SMILES string of the molecule is Cc1cc(C(=O)N2CCN(CCc3ccc(Cl)cc3)CC2)ccc1N. The molecular formula is C20H24ClN3O. The first-order valence-electron chi connectivity index (χ1n) is 8.65. The van der Waals surface area contributed by atoms with Crippen molar-refractivity contribution in [1.82, 2.24) is 9.80 Å². The highest BCUT2D eigenvalue weighted by Gasteiger charge is 2.22. The van der Waals surface area contributed by atoms with Crippen molar-refractivity contribution in [3.8, 4) is 0 Å². The van der Waals surface area contributed by atoms with E-state index in [2.05, 4.69) is 17.0 Å². The highest BCUT2D eigenvalue weighted by atomic mass is 35.5. The molecule has 4 nitrogen and oxygen atoms in total. The van der Waals surface area contributed by atoms with E-state index in [1.54, 1.807) is 0 Å². The normalized spacial score (nSPS) is 15.4. The third kappa shape index (κ3) is 4.53. The molecule has 1 amide bonds. The minimum atomic E-state index is 0.0976. The molecule has 0 aromatic heterocycles. The molecule has 1 fully saturated rings. The van der Waals surface area contributed by atoms with Gasteiger partial charge in [-0.05, 0) is 54.8 Å². The number of nitrogens with two attached hydrogens (primary N) is 1. The van der Waals surface area contributed by atoms with E-state index in [1.807, 2.05) is 42.2 Å². The average Bonchev–Trinajstić information content (AvgIpc) is 2.63. The smallest absolute Gasteiger partial charge is 0.253 e. The van der Waals surface area contributed by atoms with Crippen LogP contribution in [0.4, 0.5) is 5.69 Å². The highest BCUT2D eigenvalue weighted by Crippen LogP contribution is 2.16. The summed E-state index contributed by atoms with van der Waals surface area (Å²) in [5.74, 6) is 0.0976. The lowest BCUT2D eigenvalue weighted by atomic mass is 10.1. The topological polar surface area (TPSA) is 49.6 Å². The number of aryl methyl sites for hydroxylation is 1. The number of nitrogens with zero attached hydrogens (tertiary/aromatic N) is 2. The Morgan fingerprint density at radius 1 is 1.08 bits per heavy atom. The number of benzene rings is 2. The summed E-state index contributed by atoms with van der Waals surface area (Å²) in [5.41, 5.74) is 9.53. The predicted molar refractivity (Wildman–Crippen MR) is 103 cm³/mol. The molecular weight excluding hydrogens is 334 g/mol. The van der Waals surface area contributed by atoms with E-state index >= 15 is 0 Å². The summed E-state index contributed by atoms with van der Waals surface area (Å²) < 4.78 is 0. The van der Waals surface area contributed by atoms with Crippen molar-refractivity contribution in [2.75, 3.05) is 38.5 Å². The first-order valence-corrected chi connectivity index (χ1v) is 9.03. The molecule has 0 unspecified atom stereocenters. The summed E-state index contributed by atoms with van der Waals surface area (Å²) in [7, 11) is 0. The van der Waals surface area contributed by atoms with Gasteiger partial charge in [-0.3, -0.25) is 9.69 Å². The Hall–Kier alpha value is -2.04. The Morgan fingerprint density at radius 2 is 1.76 bits per heavy atom. The van der Waals surface area contributed by atoms with Gasteiger partial charge in [0, 0.05) is 49.0 Å². The van der Waals surface area contributed by atoms with Gasteiger partial charge in [0.1, 0.15) is 0 Å². The quantitative estimate of drug-likeness (QED) is 0.855. The summed E-state index contributed by atoms with van der Waals surface area (Å²) >= 11 is 5.92. The molecule has 1 aliphatic heterocycles. The molecule has 0 aliphatic carbocycles. The lowest BCUT2D eigenvalue weighted by Crippen LogP contribution is -2.49. The van der Waals surface area contributed by atoms with Crippen LogP contribution in [0, 0.1) is 6.92 Å². The number of halogens is 1. The molecule has 0 bridgehead atoms. The van der Waals surface area contributed by atoms with E-state index in [0.29, 0.717) is 0 Å². The lowest BCUT2D eigenvalue weighted by Gasteiger charge is -2.34. The second kappa shape index (κ2) is 7.89. The summed E-state index contributed by atoms with van der Waals surface area (Å²) in [4.78, 5) is 17.0. The fourth-order valence-electron chi connectivity index (χ4n) is 3.10. The fraction of sp³-hybridized carbons (Fsp3) is 0.350. The Labute approximate surface area is 154 Å². The number of carbonyl (C=O) groups excluding carboxylic acids is 1. The molecule has 2 aromatic rings. The van der Waals surface area contributed by atoms with Gasteiger partial charge in [0.2, 0.25) is 0 Å². The molecule has 3 rings (SSSR count). The van der Waals surface area contributed by atoms with Gasteiger partial charge in [0.25, 0.3) is 5.91 Å². The van der Waals surface area contributed by atoms with E-state index in [9.17, 15) is 4.79 Å². The Morgan fingerprint density at radius 3 is 2.40 bits per heavy atom. The van der Waals surface area contributed by atoms with Gasteiger partial charge in [-0.25, -0.2) is 0 Å². The molecule has 2 N–H and O–H groups in total. The second-order valence-corrected chi connectivity index (χ2v) is 7.02. The van der Waals surface area contributed by atoms with Gasteiger partial charge in [-0.2, -0.15) is 0 Å². The van der Waals surface area contributed by atoms with Crippen LogP contribution >= 0.6 is 11.6 Å². The fourth-order valence-corrected chi connectivity index (χ4v) is 3.23. The second-order valence-electron chi connectivity index (χ2n) is 6.58. The van der Waals surface area contributed by atoms with Gasteiger partial charge in [0.15, 0.2) is 0 Å². The van der Waals surface area contributed by atoms with Crippen LogP contribution in [0.5, 0.6) is 0 Å². The van der Waals surface area contributed by atoms with Crippen LogP contribution in [0.2, 0.25) is 5.02 Å². The molecule has 2 aromatic carbocycles. The van der Waals surface area contributed by atoms with Gasteiger partial charge in [-0.1, -0.05) is 23.7 Å². The molecule has 1 heterocycles. The van der Waals surface area contributed by atoms with E-state index in [4.69, 9.17) is 17.3 Å². The summed E-state index contributed by atoms with van der Waals surface area (Å²) in [6, 6.07) is 13.5. The summed E-state index contributed by atoms with van der Waals surface area (Å²) in [5, 5.41) is 0.772. The van der Waals surface area contributed by atoms with Crippen molar-refractivity contribution in [2.24, 2.45) is 0 Å². The van der Waals surface area contributed by atoms with Crippen LogP contribution in [0.3, 0.4) is 0 Å². The highest BCUT2D eigenvalue weighted by molar-refractivity contribution is 6.30. The molecule has 5 heteroatoms. The van der Waals surface area contributed by atoms with Crippen LogP contribution in [0.25, 0.3) is 0 Å². The number of carbonyl (C=O) groups is 1. The largest absolute Gasteiger partial charge is 0.399 e. The summed E-state index contributed by atoms with van der Waals surface area (Å²) in [6.07, 6.45) is 1.00. The Bertz CT molecular complexity index is 737. The number of nitrogen functional groups attached to an aromatic ring is 1. The maximum Gasteiger partial charge on any atom is 0.253 e. The zero-order valence-electron chi connectivity index (χ0n) is 14.5. The maximum absolute atomic E-state index is 12.6. The number of hydrogen-bond donors (Lipinski definition) is 1. The molecule has 132 valence electrons. The van der Waals surface area contributed by atoms with Crippen molar-refractivity contribution in [2.45, 2.75) is 13.3 Å². The van der Waals surface area contributed by atoms with Crippen LogP contribution < -0.4 is 5.73 Å². The van der Waals surface area contributed by atoms with Crippen molar-refractivity contribution in [3.05, 3.63) is 64.2 Å². The van der Waals surface area contributed by atoms with Crippen molar-refractivity contribution >= 4 is 23.2 Å². The van der Waals surface area contributed by atoms with Crippen LogP contribution in [0.15, 0.2) is 42.5 Å². The first-order chi connectivity index (χ1) is 12.0. The Balaban J connectivity index is 1.50. The molecule has 1 aliphatic rings. The lowest BCUT2D eigenvalue weighted by molar-refractivity contribution is 0.0638. The zero-order chi connectivity index (χ0) is 17.8. The minimum Gasteiger partial charge on any atom is -0.399 e. The van der Waals surface area contributed by atoms with Gasteiger partial charge in [0.05, 0.1) is 0 Å². The van der Waals surface area contributed by atoms with Gasteiger partial charge in [-0.15, -0.1) is 0 Å². The molecule has 0 atom stereocenters. The maximum atomic E-state index is 12.6. The van der Waals surface area contributed by atoms with E-state index in [-0.39, 0.29) is 5.91 Å². The van der Waals surface area contributed by atoms with Crippen LogP contribution in [0.1, 0.15) is 21.5 Å². The molecule has 0 saturated carbocycles. The monoisotopic (exact) mass is 357 g/mol. The van der Waals surface area contributed by atoms with Crippen molar-refractivity contribution < 1.29 is 4.79 Å². The standard InChI is InChI=1S/C20H24ClN3O/c1-15-14-17(4-7-19(15)22)20(25)24-12-10-23(11-13-24)9-8-16-2-5-18(21)6-3-16/h2-7,14H,8-13,22H2,1H3. The third-order valence-electron chi connectivity index (χ3n) is 4.81. The summed E-state index contributed by atoms with van der Waals surface area (Å²) in [6.45, 7) is 6.29. The number of anilines is 1. The molecule has 1 saturated heterocycles. The van der Waals surface area contributed by atoms with E-state index in [0.717, 1.165) is 61.0 Å². The van der Waals surface area contributed by atoms with Gasteiger partial charge < -0.3 is 10.6 Å². The van der Waals surface area contributed by atoms with E-state index in [1.165, 1.54) is 5.56 Å². The minimum absolute atomic E-state index is 0.0976. The van der Waals surface area contributed by atoms with Gasteiger partial charge >= 0.3 is 0 Å². The first kappa shape index (κ1) is 17.8. The zero-order valence-corrected chi connectivity index (χ0v) is 15.3. The average molecular weight is 358 g/mol. The Kier molecular flexibility index (Phi) is 5.61. The number of hydrogen-bond acceptors (Lipinski definition) is 3. The number of amides is 1. The molecule has 25 heavy (non-hydrogen) atoms. The number of rotatable bonds is 4. The van der Waals surface area contributed by atoms with Crippen molar-refractivity contribution in [1.29, 1.82) is 0 Å². The molecule has 0 radical (unpaired) electrons. The molecule has 0 spiro atoms. The number of piperazine rings is 1. The predicted octanol–water partition coefficient (Wildman–Crippen LogP) is 3.23.